The fourth-order valence-corrected chi connectivity index (χ4v) is 4.85. The van der Waals surface area contributed by atoms with Crippen molar-refractivity contribution in [1.29, 1.82) is 0 Å². The highest BCUT2D eigenvalue weighted by Crippen LogP contribution is 2.37. The van der Waals surface area contributed by atoms with Gasteiger partial charge in [0.15, 0.2) is 11.5 Å². The fraction of sp³-hybridized carbons (Fsp3) is 0.360. The first-order chi connectivity index (χ1) is 16.9. The number of likely N-dealkylation sites (tertiary alicyclic amines) is 1. The molecule has 2 amide bonds. The minimum absolute atomic E-state index is 0.204. The van der Waals surface area contributed by atoms with E-state index in [1.54, 1.807) is 17.0 Å². The molecule has 180 valence electrons. The number of nitrogens with zero attached hydrogens (tertiary/aromatic N) is 5. The van der Waals surface area contributed by atoms with Gasteiger partial charge in [0.2, 0.25) is 0 Å². The van der Waals surface area contributed by atoms with Gasteiger partial charge in [0.1, 0.15) is 11.6 Å². The number of aromatic nitrogens is 3. The molecular weight excluding hydrogens is 468 g/mol. The summed E-state index contributed by atoms with van der Waals surface area (Å²) in [6, 6.07) is 11.9. The number of rotatable bonds is 4. The summed E-state index contributed by atoms with van der Waals surface area (Å²) in [5.74, 6) is 1.98. The fourth-order valence-electron chi connectivity index (χ4n) is 4.72. The Labute approximate surface area is 208 Å². The van der Waals surface area contributed by atoms with Gasteiger partial charge in [-0.1, -0.05) is 35.9 Å². The molecule has 0 saturated carbocycles. The van der Waals surface area contributed by atoms with Gasteiger partial charge < -0.3 is 24.6 Å². The van der Waals surface area contributed by atoms with Gasteiger partial charge >= 0.3 is 6.03 Å². The molecule has 0 bridgehead atoms. The topological polar surface area (TPSA) is 96.9 Å². The summed E-state index contributed by atoms with van der Waals surface area (Å²) in [6.07, 6.45) is 0.337. The molecule has 2 N–H and O–H groups in total. The Morgan fingerprint density at radius 3 is 2.86 bits per heavy atom. The number of ether oxygens (including phenoxy) is 1. The normalized spacial score (nSPS) is 21.2. The van der Waals surface area contributed by atoms with Gasteiger partial charge in [-0.25, -0.2) is 9.64 Å². The largest absolute Gasteiger partial charge is 0.494 e. The first-order valence-corrected chi connectivity index (χ1v) is 11.8. The first-order valence-electron chi connectivity index (χ1n) is 11.5. The van der Waals surface area contributed by atoms with E-state index in [1.807, 2.05) is 41.8 Å². The Bertz CT molecular complexity index is 1290. The molecule has 3 aromatic rings. The van der Waals surface area contributed by atoms with Crippen molar-refractivity contribution in [1.82, 2.24) is 25.0 Å². The van der Waals surface area contributed by atoms with Gasteiger partial charge in [-0.3, -0.25) is 0 Å². The molecule has 2 aromatic carbocycles. The van der Waals surface area contributed by atoms with Crippen molar-refractivity contribution in [3.63, 3.8) is 0 Å². The van der Waals surface area contributed by atoms with Crippen molar-refractivity contribution in [3.8, 4) is 5.75 Å². The van der Waals surface area contributed by atoms with Crippen LogP contribution < -0.4 is 10.1 Å². The van der Waals surface area contributed by atoms with Gasteiger partial charge in [0.05, 0.1) is 37.9 Å². The molecule has 1 aromatic heterocycles. The van der Waals surface area contributed by atoms with E-state index in [2.05, 4.69) is 20.4 Å². The van der Waals surface area contributed by atoms with Crippen molar-refractivity contribution in [2.24, 2.45) is 0 Å². The number of fused-ring (bicyclic) bond motifs is 1. The molecule has 9 nitrogen and oxygen atoms in total. The van der Waals surface area contributed by atoms with Crippen molar-refractivity contribution >= 4 is 23.3 Å². The van der Waals surface area contributed by atoms with Crippen molar-refractivity contribution < 1.29 is 14.6 Å². The van der Waals surface area contributed by atoms with E-state index in [4.69, 9.17) is 22.9 Å². The molecule has 35 heavy (non-hydrogen) atoms. The van der Waals surface area contributed by atoms with Crippen LogP contribution in [0, 0.1) is 13.5 Å². The van der Waals surface area contributed by atoms with Crippen LogP contribution in [0.2, 0.25) is 5.02 Å². The Hall–Kier alpha value is -3.61. The smallest absolute Gasteiger partial charge is 0.318 e. The SMILES string of the molecule is [C-]#[N+]c1ccc2c(c1)OCC[C@@H]2NC(=O)N1C[C@H](O)C[C@@H]1c1nnc(C)n1Cc1ccc(Cl)cc1. The number of carbonyl (C=O) groups is 1. The molecule has 10 heteroatoms. The van der Waals surface area contributed by atoms with Gasteiger partial charge in [-0.05, 0) is 30.7 Å². The van der Waals surface area contributed by atoms with Crippen LogP contribution in [0.4, 0.5) is 10.5 Å². The average Bonchev–Trinajstić information content (AvgIpc) is 3.42. The van der Waals surface area contributed by atoms with E-state index >= 15 is 0 Å². The molecule has 1 saturated heterocycles. The minimum Gasteiger partial charge on any atom is -0.494 e. The lowest BCUT2D eigenvalue weighted by Gasteiger charge is -2.31. The van der Waals surface area contributed by atoms with Crippen LogP contribution in [0.5, 0.6) is 5.75 Å². The number of carbonyl (C=O) groups excluding carboxylic acids is 1. The second-order valence-electron chi connectivity index (χ2n) is 8.85. The molecule has 5 rings (SSSR count). The van der Waals surface area contributed by atoms with Crippen LogP contribution in [-0.2, 0) is 6.54 Å². The molecule has 1 fully saturated rings. The van der Waals surface area contributed by atoms with Crippen LogP contribution in [0.1, 0.15) is 47.7 Å². The monoisotopic (exact) mass is 492 g/mol. The number of aliphatic hydroxyl groups is 1. The third-order valence-corrected chi connectivity index (χ3v) is 6.77. The van der Waals surface area contributed by atoms with Gasteiger partial charge in [-0.15, -0.1) is 10.2 Å². The zero-order chi connectivity index (χ0) is 24.5. The molecule has 0 spiro atoms. The molecule has 2 aliphatic rings. The quantitative estimate of drug-likeness (QED) is 0.532. The van der Waals surface area contributed by atoms with E-state index in [0.29, 0.717) is 48.3 Å². The van der Waals surface area contributed by atoms with E-state index < -0.39 is 12.1 Å². The number of urea groups is 1. The second-order valence-corrected chi connectivity index (χ2v) is 9.29. The summed E-state index contributed by atoms with van der Waals surface area (Å²) >= 11 is 6.03. The number of aryl methyl sites for hydroxylation is 1. The number of hydrogen-bond acceptors (Lipinski definition) is 5. The predicted molar refractivity (Wildman–Crippen MR) is 129 cm³/mol. The number of hydrogen-bond donors (Lipinski definition) is 2. The molecule has 2 aliphatic heterocycles. The van der Waals surface area contributed by atoms with Crippen LogP contribution in [0.25, 0.3) is 4.85 Å². The zero-order valence-electron chi connectivity index (χ0n) is 19.2. The lowest BCUT2D eigenvalue weighted by atomic mass is 10.00. The van der Waals surface area contributed by atoms with E-state index in [9.17, 15) is 9.90 Å². The van der Waals surface area contributed by atoms with Crippen molar-refractivity contribution in [2.45, 2.75) is 44.5 Å². The van der Waals surface area contributed by atoms with Crippen molar-refractivity contribution in [2.75, 3.05) is 13.2 Å². The van der Waals surface area contributed by atoms with Gasteiger partial charge in [0.25, 0.3) is 0 Å². The summed E-state index contributed by atoms with van der Waals surface area (Å²) in [5.41, 5.74) is 2.37. The van der Waals surface area contributed by atoms with Crippen LogP contribution in [-0.4, -0.2) is 50.1 Å². The Morgan fingerprint density at radius 2 is 2.09 bits per heavy atom. The lowest BCUT2D eigenvalue weighted by molar-refractivity contribution is 0.163. The molecule has 3 heterocycles. The number of β-amino-alcohol motifs (C(OH)–C–C–N with tert-alkyl or cyclic N) is 1. The lowest BCUT2D eigenvalue weighted by Crippen LogP contribution is -2.43. The highest BCUT2D eigenvalue weighted by molar-refractivity contribution is 6.30. The van der Waals surface area contributed by atoms with Crippen LogP contribution in [0.15, 0.2) is 42.5 Å². The van der Waals surface area contributed by atoms with Gasteiger partial charge in [-0.2, -0.15) is 0 Å². The maximum Gasteiger partial charge on any atom is 0.318 e. The molecular formula is C25H25ClN6O3. The Balaban J connectivity index is 1.38. The standard InChI is InChI=1S/C25H25ClN6O3/c1-15-29-30-24(31(15)13-16-3-5-17(26)6-4-16)22-12-19(33)14-32(22)25(34)28-21-9-10-35-23-11-18(27-2)7-8-20(21)23/h3-8,11,19,21-22,33H,9-10,12-14H2,1H3,(H,28,34)/t19-,21+,22-/m1/s1. The van der Waals surface area contributed by atoms with Crippen LogP contribution in [0.3, 0.4) is 0 Å². The van der Waals surface area contributed by atoms with Gasteiger partial charge in [0, 0.05) is 30.0 Å². The Kier molecular flexibility index (Phi) is 6.32. The highest BCUT2D eigenvalue weighted by atomic mass is 35.5. The van der Waals surface area contributed by atoms with Crippen LogP contribution >= 0.6 is 11.6 Å². The summed E-state index contributed by atoms with van der Waals surface area (Å²) < 4.78 is 7.69. The number of amides is 2. The molecule has 0 unspecified atom stereocenters. The third kappa shape index (κ3) is 4.67. The Morgan fingerprint density at radius 1 is 1.29 bits per heavy atom. The number of halogens is 1. The molecule has 0 radical (unpaired) electrons. The van der Waals surface area contributed by atoms with E-state index in [-0.39, 0.29) is 18.6 Å². The van der Waals surface area contributed by atoms with Crippen molar-refractivity contribution in [3.05, 3.63) is 81.7 Å². The van der Waals surface area contributed by atoms with E-state index in [1.165, 1.54) is 0 Å². The number of nitrogens with one attached hydrogen (secondary N) is 1. The third-order valence-electron chi connectivity index (χ3n) is 6.52. The maximum absolute atomic E-state index is 13.4. The molecule has 0 aliphatic carbocycles. The second kappa shape index (κ2) is 9.56. The highest BCUT2D eigenvalue weighted by Gasteiger charge is 2.39. The minimum atomic E-state index is -0.657. The maximum atomic E-state index is 13.4. The predicted octanol–water partition coefficient (Wildman–Crippen LogP) is 4.18. The summed E-state index contributed by atoms with van der Waals surface area (Å²) in [7, 11) is 0. The molecule has 3 atom stereocenters. The van der Waals surface area contributed by atoms with E-state index in [0.717, 1.165) is 17.0 Å². The zero-order valence-corrected chi connectivity index (χ0v) is 19.9. The average molecular weight is 493 g/mol. The summed E-state index contributed by atoms with van der Waals surface area (Å²) in [5, 5.41) is 22.9. The number of benzene rings is 2. The number of aliphatic hydroxyl groups excluding tert-OH is 1. The first kappa shape index (κ1) is 23.1. The summed E-state index contributed by atoms with van der Waals surface area (Å²) in [4.78, 5) is 18.5. The summed E-state index contributed by atoms with van der Waals surface area (Å²) in [6.45, 7) is 10.3.